The number of fused-ring (bicyclic) bond motifs is 3. The molecule has 1 N–H and O–H groups in total. The maximum absolute atomic E-state index is 12.4. The third kappa shape index (κ3) is 6.97. The summed E-state index contributed by atoms with van der Waals surface area (Å²) in [4.78, 5) is 24.6. The number of benzene rings is 4. The maximum Gasteiger partial charge on any atom is 0.408 e. The van der Waals surface area contributed by atoms with Crippen molar-refractivity contribution in [1.82, 2.24) is 5.32 Å². The number of nitrogens with one attached hydrogen (secondary N) is 1. The van der Waals surface area contributed by atoms with E-state index in [0.717, 1.165) is 49.8 Å². The summed E-state index contributed by atoms with van der Waals surface area (Å²) in [6.07, 6.45) is -0.634. The van der Waals surface area contributed by atoms with Crippen LogP contribution >= 0.6 is 11.8 Å². The van der Waals surface area contributed by atoms with E-state index < -0.39 is 23.7 Å². The van der Waals surface area contributed by atoms with Gasteiger partial charge in [0.1, 0.15) is 22.8 Å². The van der Waals surface area contributed by atoms with Crippen molar-refractivity contribution in [3.8, 4) is 22.3 Å². The van der Waals surface area contributed by atoms with E-state index in [2.05, 4.69) is 78.1 Å². The minimum Gasteiger partial charge on any atom is -0.464 e. The van der Waals surface area contributed by atoms with Gasteiger partial charge in [0.15, 0.2) is 0 Å². The van der Waals surface area contributed by atoms with Gasteiger partial charge in [-0.25, -0.2) is 9.59 Å². The van der Waals surface area contributed by atoms with Gasteiger partial charge in [0.25, 0.3) is 0 Å². The van der Waals surface area contributed by atoms with Crippen LogP contribution in [0.2, 0.25) is 0 Å². The number of esters is 1. The van der Waals surface area contributed by atoms with E-state index >= 15 is 0 Å². The van der Waals surface area contributed by atoms with E-state index in [-0.39, 0.29) is 6.61 Å². The second kappa shape index (κ2) is 12.7. The van der Waals surface area contributed by atoms with Crippen molar-refractivity contribution in [3.05, 3.63) is 96.6 Å². The minimum atomic E-state index is -0.784. The largest absolute Gasteiger partial charge is 0.464 e. The average Bonchev–Trinajstić information content (AvgIpc) is 3.35. The lowest BCUT2D eigenvalue weighted by Gasteiger charge is -2.22. The summed E-state index contributed by atoms with van der Waals surface area (Å²) in [6, 6.07) is 30.5. The van der Waals surface area contributed by atoms with Gasteiger partial charge in [0.2, 0.25) is 0 Å². The van der Waals surface area contributed by atoms with Crippen LogP contribution in [0.5, 0.6) is 0 Å². The number of ether oxygens (including phenoxy) is 2. The van der Waals surface area contributed by atoms with Crippen LogP contribution in [0.3, 0.4) is 0 Å². The second-order valence-corrected chi connectivity index (χ2v) is 12.1. The van der Waals surface area contributed by atoms with Gasteiger partial charge in [-0.2, -0.15) is 11.8 Å². The molecule has 5 aromatic rings. The molecule has 4 aromatic carbocycles. The van der Waals surface area contributed by atoms with Gasteiger partial charge in [-0.1, -0.05) is 84.9 Å². The molecular formula is C35H35NO5S. The number of hydrogen-bond acceptors (Lipinski definition) is 6. The summed E-state index contributed by atoms with van der Waals surface area (Å²) in [5.41, 5.74) is 6.69. The monoisotopic (exact) mass is 581 g/mol. The van der Waals surface area contributed by atoms with Crippen LogP contribution < -0.4 is 5.32 Å². The Hall–Kier alpha value is -4.23. The van der Waals surface area contributed by atoms with Crippen LogP contribution in [0.25, 0.3) is 44.2 Å². The van der Waals surface area contributed by atoms with Gasteiger partial charge in [-0.3, -0.25) is 0 Å². The van der Waals surface area contributed by atoms with Crippen molar-refractivity contribution in [2.24, 2.45) is 0 Å². The number of carbonyl (C=O) groups is 2. The highest BCUT2D eigenvalue weighted by molar-refractivity contribution is 7.98. The molecule has 6 nitrogen and oxygen atoms in total. The Bertz CT molecular complexity index is 1680. The van der Waals surface area contributed by atoms with Crippen molar-refractivity contribution in [1.29, 1.82) is 0 Å². The Morgan fingerprint density at radius 1 is 0.833 bits per heavy atom. The number of alkyl carbamates (subject to hydrolysis) is 1. The van der Waals surface area contributed by atoms with E-state index in [9.17, 15) is 9.59 Å². The summed E-state index contributed by atoms with van der Waals surface area (Å²) in [7, 11) is 0. The summed E-state index contributed by atoms with van der Waals surface area (Å²) in [5, 5.41) is 4.89. The highest BCUT2D eigenvalue weighted by atomic mass is 32.2. The highest BCUT2D eigenvalue weighted by Crippen LogP contribution is 2.36. The fourth-order valence-electron chi connectivity index (χ4n) is 4.77. The lowest BCUT2D eigenvalue weighted by atomic mass is 9.98. The van der Waals surface area contributed by atoms with Crippen molar-refractivity contribution in [2.45, 2.75) is 45.1 Å². The molecule has 0 saturated carbocycles. The standard InChI is InChI=1S/C35H35NO5S/c1-5-39-33(37)30(36-34(38)41-35(2,3)4)22-42-21-23-13-15-24(16-14-23)25-17-19-26(20-18-25)27-10-8-11-29-28-9-6-7-12-31(28)40-32(27)29/h6-20,30H,5,21-22H2,1-4H3,(H,36,38). The summed E-state index contributed by atoms with van der Waals surface area (Å²) < 4.78 is 16.7. The Morgan fingerprint density at radius 2 is 1.48 bits per heavy atom. The molecule has 1 atom stereocenters. The normalized spacial score (nSPS) is 12.3. The lowest BCUT2D eigenvalue weighted by molar-refractivity contribution is -0.145. The summed E-state index contributed by atoms with van der Waals surface area (Å²) in [5.74, 6) is 0.595. The van der Waals surface area contributed by atoms with Gasteiger partial charge < -0.3 is 19.2 Å². The zero-order valence-corrected chi connectivity index (χ0v) is 25.1. The molecule has 1 unspecified atom stereocenters. The number of amides is 1. The van der Waals surface area contributed by atoms with E-state index in [1.54, 1.807) is 39.5 Å². The first-order valence-corrected chi connectivity index (χ1v) is 15.2. The van der Waals surface area contributed by atoms with E-state index in [0.29, 0.717) is 11.5 Å². The van der Waals surface area contributed by atoms with Crippen LogP contribution in [0.1, 0.15) is 33.3 Å². The zero-order valence-electron chi connectivity index (χ0n) is 24.3. The Morgan fingerprint density at radius 3 is 2.17 bits per heavy atom. The molecule has 1 heterocycles. The number of rotatable bonds is 9. The van der Waals surface area contributed by atoms with E-state index in [4.69, 9.17) is 13.9 Å². The van der Waals surface area contributed by atoms with Crippen molar-refractivity contribution in [2.75, 3.05) is 12.4 Å². The molecule has 1 aromatic heterocycles. The third-order valence-corrected chi connectivity index (χ3v) is 7.81. The van der Waals surface area contributed by atoms with Crippen LogP contribution in [0, 0.1) is 0 Å². The van der Waals surface area contributed by atoms with Crippen molar-refractivity contribution in [3.63, 3.8) is 0 Å². The Labute approximate surface area is 250 Å². The minimum absolute atomic E-state index is 0.244. The van der Waals surface area contributed by atoms with E-state index in [1.165, 1.54) is 0 Å². The van der Waals surface area contributed by atoms with Gasteiger partial charge >= 0.3 is 12.1 Å². The van der Waals surface area contributed by atoms with Crippen LogP contribution in [-0.2, 0) is 20.0 Å². The predicted octanol–water partition coefficient (Wildman–Crippen LogP) is 8.61. The van der Waals surface area contributed by atoms with E-state index in [1.807, 2.05) is 18.2 Å². The number of hydrogen-bond donors (Lipinski definition) is 1. The molecule has 0 bridgehead atoms. The lowest BCUT2D eigenvalue weighted by Crippen LogP contribution is -2.45. The topological polar surface area (TPSA) is 77.8 Å². The highest BCUT2D eigenvalue weighted by Gasteiger charge is 2.25. The first-order valence-electron chi connectivity index (χ1n) is 14.1. The van der Waals surface area contributed by atoms with Gasteiger partial charge in [0, 0.05) is 27.8 Å². The average molecular weight is 582 g/mol. The number of furan rings is 1. The summed E-state index contributed by atoms with van der Waals surface area (Å²) in [6.45, 7) is 7.32. The van der Waals surface area contributed by atoms with Gasteiger partial charge in [0.05, 0.1) is 6.61 Å². The molecule has 1 amide bonds. The van der Waals surface area contributed by atoms with Gasteiger partial charge in [-0.15, -0.1) is 0 Å². The molecule has 5 rings (SSSR count). The Kier molecular flexibility index (Phi) is 8.88. The quantitative estimate of drug-likeness (QED) is 0.176. The molecule has 216 valence electrons. The number of para-hydroxylation sites is 2. The first kappa shape index (κ1) is 29.3. The second-order valence-electron chi connectivity index (χ2n) is 11.0. The van der Waals surface area contributed by atoms with Crippen LogP contribution in [-0.4, -0.2) is 36.1 Å². The predicted molar refractivity (Wildman–Crippen MR) is 171 cm³/mol. The molecule has 0 radical (unpaired) electrons. The zero-order chi connectivity index (χ0) is 29.7. The van der Waals surface area contributed by atoms with Crippen LogP contribution in [0.15, 0.2) is 95.4 Å². The smallest absolute Gasteiger partial charge is 0.408 e. The molecule has 7 heteroatoms. The first-order chi connectivity index (χ1) is 20.2. The molecular weight excluding hydrogens is 546 g/mol. The molecule has 0 saturated heterocycles. The number of thioether (sulfide) groups is 1. The molecule has 0 spiro atoms. The Balaban J connectivity index is 1.22. The maximum atomic E-state index is 12.4. The van der Waals surface area contributed by atoms with Crippen molar-refractivity contribution >= 4 is 45.8 Å². The molecule has 0 aliphatic rings. The molecule has 42 heavy (non-hydrogen) atoms. The number of carbonyl (C=O) groups excluding carboxylic acids is 2. The van der Waals surface area contributed by atoms with Crippen LogP contribution in [0.4, 0.5) is 4.79 Å². The molecule has 0 fully saturated rings. The fourth-order valence-corrected chi connectivity index (χ4v) is 5.77. The van der Waals surface area contributed by atoms with Gasteiger partial charge in [-0.05, 0) is 56.0 Å². The summed E-state index contributed by atoms with van der Waals surface area (Å²) >= 11 is 1.55. The van der Waals surface area contributed by atoms with Crippen molar-refractivity contribution < 1.29 is 23.5 Å². The SMILES string of the molecule is CCOC(=O)C(CSCc1ccc(-c2ccc(-c3cccc4c3oc3ccccc34)cc2)cc1)NC(=O)OC(C)(C)C. The molecule has 0 aliphatic heterocycles. The molecule has 0 aliphatic carbocycles. The third-order valence-electron chi connectivity index (χ3n) is 6.70. The fraction of sp³-hybridized carbons (Fsp3) is 0.257.